The normalized spacial score (nSPS) is 21.5. The van der Waals surface area contributed by atoms with Crippen LogP contribution in [0.5, 0.6) is 5.75 Å². The number of aliphatic hydroxyl groups excluding tert-OH is 1. The predicted molar refractivity (Wildman–Crippen MR) is 66.4 cm³/mol. The fourth-order valence-electron chi connectivity index (χ4n) is 2.30. The van der Waals surface area contributed by atoms with Crippen LogP contribution in [0.4, 0.5) is 13.2 Å². The number of rotatable bonds is 4. The highest BCUT2D eigenvalue weighted by Gasteiger charge is 2.31. The predicted octanol–water partition coefficient (Wildman–Crippen LogP) is 2.92. The second kappa shape index (κ2) is 6.45. The molecular weight excluding hydrogens is 273 g/mol. The van der Waals surface area contributed by atoms with Gasteiger partial charge in [0.25, 0.3) is 0 Å². The molecule has 0 saturated carbocycles. The lowest BCUT2D eigenvalue weighted by atomic mass is 9.91. The van der Waals surface area contributed by atoms with Crippen molar-refractivity contribution < 1.29 is 27.8 Å². The molecule has 1 aromatic rings. The Labute approximate surface area is 115 Å². The second-order valence-electron chi connectivity index (χ2n) is 4.94. The van der Waals surface area contributed by atoms with Crippen LogP contribution >= 0.6 is 0 Å². The molecule has 112 valence electrons. The van der Waals surface area contributed by atoms with Crippen molar-refractivity contribution in [2.24, 2.45) is 5.92 Å². The van der Waals surface area contributed by atoms with Crippen molar-refractivity contribution >= 4 is 0 Å². The van der Waals surface area contributed by atoms with Gasteiger partial charge in [-0.05, 0) is 37.0 Å². The van der Waals surface area contributed by atoms with Crippen LogP contribution in [-0.4, -0.2) is 30.8 Å². The van der Waals surface area contributed by atoms with E-state index in [1.165, 1.54) is 24.3 Å². The van der Waals surface area contributed by atoms with Crippen molar-refractivity contribution in [1.29, 1.82) is 0 Å². The minimum Gasteiger partial charge on any atom is -0.406 e. The first-order chi connectivity index (χ1) is 9.44. The SMILES string of the molecule is OC(Cc1ccc(OC(F)(F)F)cc1)C1CCCOC1. The Bertz CT molecular complexity index is 411. The summed E-state index contributed by atoms with van der Waals surface area (Å²) in [6, 6.07) is 5.59. The Morgan fingerprint density at radius 2 is 2.00 bits per heavy atom. The zero-order valence-electron chi connectivity index (χ0n) is 10.9. The summed E-state index contributed by atoms with van der Waals surface area (Å²) in [6.45, 7) is 1.27. The van der Waals surface area contributed by atoms with Gasteiger partial charge in [0, 0.05) is 12.5 Å². The summed E-state index contributed by atoms with van der Waals surface area (Å²) in [7, 11) is 0. The van der Waals surface area contributed by atoms with Crippen LogP contribution < -0.4 is 4.74 Å². The Morgan fingerprint density at radius 3 is 2.55 bits per heavy atom. The van der Waals surface area contributed by atoms with E-state index in [0.717, 1.165) is 25.0 Å². The largest absolute Gasteiger partial charge is 0.573 e. The number of halogens is 3. The van der Waals surface area contributed by atoms with E-state index in [1.54, 1.807) is 0 Å². The first-order valence-electron chi connectivity index (χ1n) is 6.54. The van der Waals surface area contributed by atoms with Gasteiger partial charge in [0.05, 0.1) is 12.7 Å². The molecule has 1 fully saturated rings. The molecule has 0 aliphatic carbocycles. The van der Waals surface area contributed by atoms with Gasteiger partial charge >= 0.3 is 6.36 Å². The third kappa shape index (κ3) is 4.68. The zero-order chi connectivity index (χ0) is 14.6. The number of alkyl halides is 3. The van der Waals surface area contributed by atoms with Crippen molar-refractivity contribution in [2.45, 2.75) is 31.7 Å². The van der Waals surface area contributed by atoms with Gasteiger partial charge in [-0.3, -0.25) is 0 Å². The molecule has 0 aromatic heterocycles. The van der Waals surface area contributed by atoms with Crippen molar-refractivity contribution in [3.8, 4) is 5.75 Å². The molecule has 1 saturated heterocycles. The van der Waals surface area contributed by atoms with E-state index in [-0.39, 0.29) is 11.7 Å². The van der Waals surface area contributed by atoms with Crippen molar-refractivity contribution in [3.05, 3.63) is 29.8 Å². The molecule has 0 radical (unpaired) electrons. The highest BCUT2D eigenvalue weighted by Crippen LogP contribution is 2.24. The van der Waals surface area contributed by atoms with Crippen LogP contribution in [0.1, 0.15) is 18.4 Å². The lowest BCUT2D eigenvalue weighted by molar-refractivity contribution is -0.274. The van der Waals surface area contributed by atoms with E-state index in [2.05, 4.69) is 4.74 Å². The van der Waals surface area contributed by atoms with Crippen LogP contribution in [0.3, 0.4) is 0 Å². The van der Waals surface area contributed by atoms with Gasteiger partial charge in [-0.15, -0.1) is 13.2 Å². The fourth-order valence-corrected chi connectivity index (χ4v) is 2.30. The van der Waals surface area contributed by atoms with Crippen molar-refractivity contribution in [3.63, 3.8) is 0 Å². The Morgan fingerprint density at radius 1 is 1.30 bits per heavy atom. The zero-order valence-corrected chi connectivity index (χ0v) is 10.9. The Balaban J connectivity index is 1.89. The lowest BCUT2D eigenvalue weighted by Gasteiger charge is -2.26. The van der Waals surface area contributed by atoms with Gasteiger partial charge in [0.15, 0.2) is 0 Å². The summed E-state index contributed by atoms with van der Waals surface area (Å²) in [5.41, 5.74) is 0.776. The minimum atomic E-state index is -4.68. The molecule has 0 amide bonds. The van der Waals surface area contributed by atoms with Crippen LogP contribution in [-0.2, 0) is 11.2 Å². The highest BCUT2D eigenvalue weighted by molar-refractivity contribution is 5.27. The maximum absolute atomic E-state index is 12.0. The molecule has 1 aromatic carbocycles. The number of ether oxygens (including phenoxy) is 2. The number of hydrogen-bond acceptors (Lipinski definition) is 3. The third-order valence-electron chi connectivity index (χ3n) is 3.34. The quantitative estimate of drug-likeness (QED) is 0.926. The molecule has 1 heterocycles. The van der Waals surface area contributed by atoms with E-state index in [9.17, 15) is 18.3 Å². The van der Waals surface area contributed by atoms with Crippen LogP contribution in [0.25, 0.3) is 0 Å². The number of hydrogen-bond donors (Lipinski definition) is 1. The van der Waals surface area contributed by atoms with E-state index >= 15 is 0 Å². The molecule has 3 nitrogen and oxygen atoms in total. The van der Waals surface area contributed by atoms with Gasteiger partial charge in [-0.1, -0.05) is 12.1 Å². The van der Waals surface area contributed by atoms with E-state index in [1.807, 2.05) is 0 Å². The molecular formula is C14H17F3O3. The lowest BCUT2D eigenvalue weighted by Crippen LogP contribution is -2.30. The van der Waals surface area contributed by atoms with Crippen LogP contribution in [0.15, 0.2) is 24.3 Å². The maximum atomic E-state index is 12.0. The van der Waals surface area contributed by atoms with Gasteiger partial charge in [0.1, 0.15) is 5.75 Å². The summed E-state index contributed by atoms with van der Waals surface area (Å²) in [5, 5.41) is 10.1. The monoisotopic (exact) mass is 290 g/mol. The summed E-state index contributed by atoms with van der Waals surface area (Å²) < 4.78 is 45.2. The molecule has 2 rings (SSSR count). The first kappa shape index (κ1) is 15.1. The van der Waals surface area contributed by atoms with Gasteiger partial charge in [0.2, 0.25) is 0 Å². The first-order valence-corrected chi connectivity index (χ1v) is 6.54. The molecule has 0 spiro atoms. The van der Waals surface area contributed by atoms with E-state index < -0.39 is 12.5 Å². The van der Waals surface area contributed by atoms with E-state index in [4.69, 9.17) is 4.74 Å². The maximum Gasteiger partial charge on any atom is 0.573 e. The van der Waals surface area contributed by atoms with Gasteiger partial charge in [-0.25, -0.2) is 0 Å². The topological polar surface area (TPSA) is 38.7 Å². The smallest absolute Gasteiger partial charge is 0.406 e. The van der Waals surface area contributed by atoms with Crippen molar-refractivity contribution in [1.82, 2.24) is 0 Å². The average molecular weight is 290 g/mol. The van der Waals surface area contributed by atoms with E-state index in [0.29, 0.717) is 13.0 Å². The Hall–Kier alpha value is -1.27. The van der Waals surface area contributed by atoms with Gasteiger partial charge < -0.3 is 14.6 Å². The summed E-state index contributed by atoms with van der Waals surface area (Å²) >= 11 is 0. The molecule has 6 heteroatoms. The second-order valence-corrected chi connectivity index (χ2v) is 4.94. The number of aliphatic hydroxyl groups is 1. The molecule has 20 heavy (non-hydrogen) atoms. The molecule has 1 N–H and O–H groups in total. The average Bonchev–Trinajstić information content (AvgIpc) is 2.40. The van der Waals surface area contributed by atoms with Crippen molar-refractivity contribution in [2.75, 3.05) is 13.2 Å². The Kier molecular flexibility index (Phi) is 4.88. The van der Waals surface area contributed by atoms with Crippen LogP contribution in [0.2, 0.25) is 0 Å². The number of benzene rings is 1. The fraction of sp³-hybridized carbons (Fsp3) is 0.571. The van der Waals surface area contributed by atoms with Crippen LogP contribution in [0, 0.1) is 5.92 Å². The third-order valence-corrected chi connectivity index (χ3v) is 3.34. The summed E-state index contributed by atoms with van der Waals surface area (Å²) in [4.78, 5) is 0. The van der Waals surface area contributed by atoms with Gasteiger partial charge in [-0.2, -0.15) is 0 Å². The standard InChI is InChI=1S/C14H17F3O3/c15-14(16,17)20-12-5-3-10(4-6-12)8-13(18)11-2-1-7-19-9-11/h3-6,11,13,18H,1-2,7-9H2. The molecule has 2 atom stereocenters. The highest BCUT2D eigenvalue weighted by atomic mass is 19.4. The molecule has 0 bridgehead atoms. The molecule has 1 aliphatic heterocycles. The minimum absolute atomic E-state index is 0.0925. The molecule has 1 aliphatic rings. The molecule has 2 unspecified atom stereocenters. The summed E-state index contributed by atoms with van der Waals surface area (Å²) in [6.07, 6.45) is -2.97. The summed E-state index contributed by atoms with van der Waals surface area (Å²) in [5.74, 6) is -0.161.